The Bertz CT molecular complexity index is 734. The second-order valence-corrected chi connectivity index (χ2v) is 7.80. The van der Waals surface area contributed by atoms with Crippen LogP contribution in [0.5, 0.6) is 5.75 Å². The largest absolute Gasteiger partial charge is 0.480 e. The van der Waals surface area contributed by atoms with Crippen LogP contribution in [0.25, 0.3) is 0 Å². The van der Waals surface area contributed by atoms with Gasteiger partial charge >= 0.3 is 5.97 Å². The van der Waals surface area contributed by atoms with Gasteiger partial charge in [0.05, 0.1) is 0 Å². The molecule has 6 N–H and O–H groups in total. The average Bonchev–Trinajstić information content (AvgIpc) is 2.56. The van der Waals surface area contributed by atoms with E-state index in [2.05, 4.69) is 27.7 Å². The number of benzene rings is 1. The van der Waals surface area contributed by atoms with Crippen molar-refractivity contribution >= 4 is 5.97 Å². The van der Waals surface area contributed by atoms with Gasteiger partial charge in [0.2, 0.25) is 0 Å². The van der Waals surface area contributed by atoms with Gasteiger partial charge in [0.15, 0.2) is 0 Å². The van der Waals surface area contributed by atoms with Crippen LogP contribution < -0.4 is 16.2 Å². The minimum Gasteiger partial charge on any atom is -0.480 e. The van der Waals surface area contributed by atoms with E-state index in [4.69, 9.17) is 21.3 Å². The number of hydrogen-bond donors (Lipinski definition) is 4. The van der Waals surface area contributed by atoms with Gasteiger partial charge in [-0.3, -0.25) is 4.79 Å². The minimum absolute atomic E-state index is 0.179. The lowest BCUT2D eigenvalue weighted by Gasteiger charge is -2.25. The third kappa shape index (κ3) is 5.42. The first-order valence-electron chi connectivity index (χ1n) is 9.23. The van der Waals surface area contributed by atoms with Gasteiger partial charge in [-0.2, -0.15) is 0 Å². The normalized spacial score (nSPS) is 20.7. The monoisotopic (exact) mass is 374 g/mol. The van der Waals surface area contributed by atoms with E-state index < -0.39 is 17.7 Å². The van der Waals surface area contributed by atoms with Gasteiger partial charge in [-0.05, 0) is 53.2 Å². The van der Waals surface area contributed by atoms with Gasteiger partial charge in [0, 0.05) is 6.42 Å². The molecule has 0 radical (unpaired) electrons. The molecular weight excluding hydrogens is 344 g/mol. The molecule has 0 bridgehead atoms. The summed E-state index contributed by atoms with van der Waals surface area (Å²) in [5.74, 6) is 0.741. The molecule has 0 aromatic heterocycles. The van der Waals surface area contributed by atoms with E-state index in [0.717, 1.165) is 22.4 Å². The van der Waals surface area contributed by atoms with Gasteiger partial charge in [-0.15, -0.1) is 0 Å². The first kappa shape index (κ1) is 21.2. The highest BCUT2D eigenvalue weighted by Gasteiger charge is 2.23. The molecule has 1 unspecified atom stereocenters. The molecule has 27 heavy (non-hydrogen) atoms. The predicted molar refractivity (Wildman–Crippen MR) is 106 cm³/mol. The van der Waals surface area contributed by atoms with Crippen LogP contribution in [-0.4, -0.2) is 27.9 Å². The Balaban J connectivity index is 2.44. The standard InChI is InChI=1S/C21H30N2O4/c1-12(2)16-9-14(11-18(22)20(24)25)10-17(13(3)4)19(16)27-15-5-7-21(23,26)8-6-15/h5-7,9-10,12-13,18,26H,8,11,22-23H2,1-4H3,(H,24,25)/t18-,21?/m0/s1. The van der Waals surface area contributed by atoms with E-state index in [9.17, 15) is 9.90 Å². The summed E-state index contributed by atoms with van der Waals surface area (Å²) >= 11 is 0. The maximum absolute atomic E-state index is 11.1. The summed E-state index contributed by atoms with van der Waals surface area (Å²) in [4.78, 5) is 11.1. The number of hydrogen-bond acceptors (Lipinski definition) is 5. The van der Waals surface area contributed by atoms with Gasteiger partial charge < -0.3 is 26.4 Å². The zero-order valence-corrected chi connectivity index (χ0v) is 16.4. The Kier molecular flexibility index (Phi) is 6.46. The van der Waals surface area contributed by atoms with Gasteiger partial charge in [-0.25, -0.2) is 0 Å². The molecule has 0 saturated carbocycles. The van der Waals surface area contributed by atoms with Crippen molar-refractivity contribution in [2.45, 2.75) is 64.1 Å². The third-order valence-electron chi connectivity index (χ3n) is 4.61. The van der Waals surface area contributed by atoms with Crippen molar-refractivity contribution in [1.82, 2.24) is 0 Å². The van der Waals surface area contributed by atoms with E-state index in [1.165, 1.54) is 6.08 Å². The molecule has 0 aliphatic heterocycles. The fourth-order valence-corrected chi connectivity index (χ4v) is 2.99. The molecular formula is C21H30N2O4. The summed E-state index contributed by atoms with van der Waals surface area (Å²) in [7, 11) is 0. The van der Waals surface area contributed by atoms with Crippen molar-refractivity contribution in [3.63, 3.8) is 0 Å². The number of nitrogens with two attached hydrogens (primary N) is 2. The predicted octanol–water partition coefficient (Wildman–Crippen LogP) is 2.76. The van der Waals surface area contributed by atoms with Crippen LogP contribution in [0.2, 0.25) is 0 Å². The highest BCUT2D eigenvalue weighted by molar-refractivity contribution is 5.73. The van der Waals surface area contributed by atoms with Crippen molar-refractivity contribution in [1.29, 1.82) is 0 Å². The molecule has 148 valence electrons. The Morgan fingerprint density at radius 2 is 1.78 bits per heavy atom. The lowest BCUT2D eigenvalue weighted by atomic mass is 9.89. The van der Waals surface area contributed by atoms with Crippen molar-refractivity contribution in [2.24, 2.45) is 11.5 Å². The number of allylic oxidation sites excluding steroid dienone is 1. The van der Waals surface area contributed by atoms with Gasteiger partial charge in [0.1, 0.15) is 23.3 Å². The van der Waals surface area contributed by atoms with E-state index in [-0.39, 0.29) is 24.7 Å². The van der Waals surface area contributed by atoms with Crippen LogP contribution in [-0.2, 0) is 11.2 Å². The summed E-state index contributed by atoms with van der Waals surface area (Å²) in [6.45, 7) is 8.27. The second-order valence-electron chi connectivity index (χ2n) is 7.80. The van der Waals surface area contributed by atoms with E-state index in [1.807, 2.05) is 12.1 Å². The second kappa shape index (κ2) is 8.25. The van der Waals surface area contributed by atoms with E-state index in [1.54, 1.807) is 12.2 Å². The fourth-order valence-electron chi connectivity index (χ4n) is 2.99. The van der Waals surface area contributed by atoms with Gasteiger partial charge in [0.25, 0.3) is 0 Å². The van der Waals surface area contributed by atoms with E-state index in [0.29, 0.717) is 5.76 Å². The molecule has 0 fully saturated rings. The maximum Gasteiger partial charge on any atom is 0.320 e. The highest BCUT2D eigenvalue weighted by Crippen LogP contribution is 2.38. The molecule has 1 aromatic carbocycles. The first-order valence-corrected chi connectivity index (χ1v) is 9.23. The third-order valence-corrected chi connectivity index (χ3v) is 4.61. The molecule has 0 amide bonds. The summed E-state index contributed by atoms with van der Waals surface area (Å²) in [6, 6.07) is 3.00. The van der Waals surface area contributed by atoms with Crippen molar-refractivity contribution < 1.29 is 19.7 Å². The first-order chi connectivity index (χ1) is 12.5. The number of aliphatic hydroxyl groups is 1. The Morgan fingerprint density at radius 1 is 1.22 bits per heavy atom. The number of carboxylic acid groups (broad SMARTS) is 1. The number of ether oxygens (including phenoxy) is 1. The molecule has 2 atom stereocenters. The molecule has 0 saturated heterocycles. The smallest absolute Gasteiger partial charge is 0.320 e. The summed E-state index contributed by atoms with van der Waals surface area (Å²) in [6.07, 6.45) is 5.50. The minimum atomic E-state index is -1.34. The van der Waals surface area contributed by atoms with Crippen molar-refractivity contribution in [2.75, 3.05) is 0 Å². The number of aliphatic carboxylic acids is 1. The number of rotatable bonds is 7. The SMILES string of the molecule is CC(C)c1cc(C[C@H](N)C(=O)O)cc(C(C)C)c1OC1=CCC(N)(O)C=C1. The zero-order valence-electron chi connectivity index (χ0n) is 16.4. The maximum atomic E-state index is 11.1. The van der Waals surface area contributed by atoms with E-state index >= 15 is 0 Å². The molecule has 1 aliphatic rings. The topological polar surface area (TPSA) is 119 Å². The zero-order chi connectivity index (χ0) is 20.4. The van der Waals surface area contributed by atoms with Crippen LogP contribution in [0, 0.1) is 0 Å². The highest BCUT2D eigenvalue weighted by atomic mass is 16.5. The summed E-state index contributed by atoms with van der Waals surface area (Å²) in [5, 5.41) is 19.0. The van der Waals surface area contributed by atoms with Gasteiger partial charge in [-0.1, -0.05) is 39.8 Å². The van der Waals surface area contributed by atoms with Crippen LogP contribution in [0.15, 0.2) is 36.1 Å². The molecule has 6 nitrogen and oxygen atoms in total. The van der Waals surface area contributed by atoms with Crippen LogP contribution >= 0.6 is 0 Å². The Labute approximate surface area is 160 Å². The molecule has 1 aromatic rings. The lowest BCUT2D eigenvalue weighted by molar-refractivity contribution is -0.138. The quantitative estimate of drug-likeness (QED) is 0.545. The van der Waals surface area contributed by atoms with Crippen molar-refractivity contribution in [3.8, 4) is 5.75 Å². The summed E-state index contributed by atoms with van der Waals surface area (Å²) in [5.41, 5.74) is 13.0. The number of carbonyl (C=O) groups is 1. The van der Waals surface area contributed by atoms with Crippen LogP contribution in [0.3, 0.4) is 0 Å². The molecule has 6 heteroatoms. The fraction of sp³-hybridized carbons (Fsp3) is 0.476. The molecule has 1 aliphatic carbocycles. The number of carboxylic acids is 1. The van der Waals surface area contributed by atoms with Crippen LogP contribution in [0.4, 0.5) is 0 Å². The molecule has 0 heterocycles. The lowest BCUT2D eigenvalue weighted by Crippen LogP contribution is -2.37. The summed E-state index contributed by atoms with van der Waals surface area (Å²) < 4.78 is 6.20. The van der Waals surface area contributed by atoms with Crippen LogP contribution in [0.1, 0.15) is 62.6 Å². The average molecular weight is 374 g/mol. The molecule has 0 spiro atoms. The Morgan fingerprint density at radius 3 is 2.19 bits per heavy atom. The van der Waals surface area contributed by atoms with Crippen molar-refractivity contribution in [3.05, 3.63) is 52.8 Å². The molecule has 2 rings (SSSR count). The Hall–Kier alpha value is -2.15.